The van der Waals surface area contributed by atoms with E-state index in [0.717, 1.165) is 50.5 Å². The first kappa shape index (κ1) is 22.2. The number of methoxy groups -OCH3 is 2. The topological polar surface area (TPSA) is 78.4 Å². The first-order valence-corrected chi connectivity index (χ1v) is 11.3. The largest absolute Gasteiger partial charge is 0.502 e. The fourth-order valence-electron chi connectivity index (χ4n) is 3.60. The van der Waals surface area contributed by atoms with Gasteiger partial charge in [-0.05, 0) is 59.9 Å². The number of phenols is 1. The average molecular weight is 433 g/mol. The number of likely N-dealkylation sites (tertiary alicyclic amines) is 1. The van der Waals surface area contributed by atoms with Gasteiger partial charge in [0.15, 0.2) is 17.5 Å². The van der Waals surface area contributed by atoms with Crippen molar-refractivity contribution in [3.8, 4) is 17.2 Å². The van der Waals surface area contributed by atoms with Crippen LogP contribution in [0.4, 0.5) is 0 Å². The van der Waals surface area contributed by atoms with Crippen molar-refractivity contribution < 1.29 is 14.6 Å². The van der Waals surface area contributed by atoms with Crippen LogP contribution in [0.15, 0.2) is 34.0 Å². The Morgan fingerprint density at radius 2 is 1.90 bits per heavy atom. The second-order valence-electron chi connectivity index (χ2n) is 7.37. The molecule has 1 fully saturated rings. The Bertz CT molecular complexity index is 793. The molecule has 0 amide bonds. The van der Waals surface area contributed by atoms with Gasteiger partial charge in [0, 0.05) is 32.2 Å². The Kier molecular flexibility index (Phi) is 8.21. The lowest BCUT2D eigenvalue weighted by molar-refractivity contribution is 0.198. The number of nitrogens with zero attached hydrogens (tertiary/aromatic N) is 2. The Hall–Kier alpha value is -2.45. The van der Waals surface area contributed by atoms with Gasteiger partial charge < -0.3 is 25.2 Å². The number of ether oxygens (including phenoxy) is 2. The molecule has 2 aromatic rings. The molecule has 0 spiro atoms. The first-order chi connectivity index (χ1) is 14.6. The molecule has 8 heteroatoms. The van der Waals surface area contributed by atoms with Crippen molar-refractivity contribution in [3.05, 3.63) is 40.1 Å². The van der Waals surface area contributed by atoms with Gasteiger partial charge in [-0.2, -0.15) is 11.3 Å². The zero-order valence-electron chi connectivity index (χ0n) is 18.0. The number of phenolic OH excluding ortho intramolecular Hbond substituents is 1. The smallest absolute Gasteiger partial charge is 0.200 e. The number of nitrogens with one attached hydrogen (secondary N) is 2. The molecule has 0 bridgehead atoms. The lowest BCUT2D eigenvalue weighted by Crippen LogP contribution is -2.48. The summed E-state index contributed by atoms with van der Waals surface area (Å²) in [7, 11) is 3.05. The highest BCUT2D eigenvalue weighted by Crippen LogP contribution is 2.37. The second kappa shape index (κ2) is 11.1. The maximum absolute atomic E-state index is 10.1. The van der Waals surface area contributed by atoms with Gasteiger partial charge in [-0.3, -0.25) is 4.90 Å². The minimum atomic E-state index is 0.00646. The Balaban J connectivity index is 1.57. The second-order valence-corrected chi connectivity index (χ2v) is 8.15. The molecular formula is C22H32N4O3S. The van der Waals surface area contributed by atoms with Crippen molar-refractivity contribution in [2.75, 3.05) is 33.9 Å². The molecule has 30 heavy (non-hydrogen) atoms. The zero-order chi connectivity index (χ0) is 21.3. The van der Waals surface area contributed by atoms with Crippen molar-refractivity contribution in [2.24, 2.45) is 4.99 Å². The van der Waals surface area contributed by atoms with Crippen LogP contribution < -0.4 is 20.1 Å². The third kappa shape index (κ3) is 6.03. The van der Waals surface area contributed by atoms with E-state index >= 15 is 0 Å². The van der Waals surface area contributed by atoms with Gasteiger partial charge in [0.2, 0.25) is 5.75 Å². The van der Waals surface area contributed by atoms with Crippen molar-refractivity contribution in [3.63, 3.8) is 0 Å². The highest BCUT2D eigenvalue weighted by atomic mass is 32.1. The van der Waals surface area contributed by atoms with Crippen molar-refractivity contribution in [2.45, 2.75) is 38.9 Å². The molecule has 3 rings (SSSR count). The number of aromatic hydroxyl groups is 1. The van der Waals surface area contributed by atoms with Crippen LogP contribution in [-0.4, -0.2) is 55.9 Å². The summed E-state index contributed by atoms with van der Waals surface area (Å²) in [5, 5.41) is 21.4. The number of aliphatic imine (C=N–C) groups is 1. The van der Waals surface area contributed by atoms with E-state index in [1.165, 1.54) is 19.8 Å². The Morgan fingerprint density at radius 1 is 1.20 bits per heavy atom. The summed E-state index contributed by atoms with van der Waals surface area (Å²) in [5.74, 6) is 1.58. The summed E-state index contributed by atoms with van der Waals surface area (Å²) < 4.78 is 10.5. The van der Waals surface area contributed by atoms with Crippen LogP contribution >= 0.6 is 11.3 Å². The van der Waals surface area contributed by atoms with Gasteiger partial charge in [0.05, 0.1) is 20.8 Å². The van der Waals surface area contributed by atoms with E-state index in [-0.39, 0.29) is 5.75 Å². The molecule has 1 aromatic heterocycles. The van der Waals surface area contributed by atoms with E-state index in [2.05, 4.69) is 39.3 Å². The van der Waals surface area contributed by atoms with E-state index in [1.54, 1.807) is 23.5 Å². The van der Waals surface area contributed by atoms with E-state index in [9.17, 15) is 5.11 Å². The minimum Gasteiger partial charge on any atom is -0.502 e. The quantitative estimate of drug-likeness (QED) is 0.439. The third-order valence-electron chi connectivity index (χ3n) is 5.22. The normalized spacial score (nSPS) is 15.8. The molecule has 3 N–H and O–H groups in total. The summed E-state index contributed by atoms with van der Waals surface area (Å²) in [6, 6.07) is 6.19. The molecule has 1 saturated heterocycles. The Labute approximate surface area is 182 Å². The number of hydrogen-bond acceptors (Lipinski definition) is 6. The van der Waals surface area contributed by atoms with Crippen molar-refractivity contribution in [1.82, 2.24) is 15.5 Å². The van der Waals surface area contributed by atoms with E-state index < -0.39 is 0 Å². The molecule has 0 unspecified atom stereocenters. The summed E-state index contributed by atoms with van der Waals surface area (Å²) in [5.41, 5.74) is 2.31. The van der Waals surface area contributed by atoms with Crippen molar-refractivity contribution >= 4 is 17.3 Å². The maximum atomic E-state index is 10.1. The SMILES string of the molecule is CCNC(=NCc1cc(OC)c(O)c(OC)c1)NC1CCN(Cc2ccsc2)CC1. The molecule has 1 aliphatic heterocycles. The highest BCUT2D eigenvalue weighted by Gasteiger charge is 2.20. The molecule has 0 radical (unpaired) electrons. The summed E-state index contributed by atoms with van der Waals surface area (Å²) in [4.78, 5) is 7.24. The molecule has 0 saturated carbocycles. The zero-order valence-corrected chi connectivity index (χ0v) is 18.8. The number of benzene rings is 1. The van der Waals surface area contributed by atoms with Gasteiger partial charge in [0.25, 0.3) is 0 Å². The predicted octanol–water partition coefficient (Wildman–Crippen LogP) is 3.19. The maximum Gasteiger partial charge on any atom is 0.200 e. The molecule has 164 valence electrons. The third-order valence-corrected chi connectivity index (χ3v) is 5.95. The minimum absolute atomic E-state index is 0.00646. The number of hydrogen-bond donors (Lipinski definition) is 3. The number of piperidine rings is 1. The molecule has 0 atom stereocenters. The molecular weight excluding hydrogens is 400 g/mol. The molecule has 2 heterocycles. The Morgan fingerprint density at radius 3 is 2.47 bits per heavy atom. The molecule has 0 aliphatic carbocycles. The standard InChI is InChI=1S/C22H32N4O3S/c1-4-23-22(24-13-17-11-19(28-2)21(27)20(12-17)29-3)25-18-5-8-26(9-6-18)14-16-7-10-30-15-16/h7,10-12,15,18,27H,4-6,8-9,13-14H2,1-3H3,(H2,23,24,25). The van der Waals surface area contributed by atoms with E-state index in [1.807, 2.05) is 0 Å². The van der Waals surface area contributed by atoms with E-state index in [4.69, 9.17) is 14.5 Å². The highest BCUT2D eigenvalue weighted by molar-refractivity contribution is 7.07. The average Bonchev–Trinajstić information content (AvgIpc) is 3.27. The monoisotopic (exact) mass is 432 g/mol. The lowest BCUT2D eigenvalue weighted by Gasteiger charge is -2.33. The van der Waals surface area contributed by atoms with Crippen LogP contribution in [-0.2, 0) is 13.1 Å². The van der Waals surface area contributed by atoms with Crippen molar-refractivity contribution in [1.29, 1.82) is 0 Å². The fraction of sp³-hybridized carbons (Fsp3) is 0.500. The molecule has 1 aromatic carbocycles. The molecule has 7 nitrogen and oxygen atoms in total. The summed E-state index contributed by atoms with van der Waals surface area (Å²) >= 11 is 1.76. The predicted molar refractivity (Wildman–Crippen MR) is 122 cm³/mol. The van der Waals surface area contributed by atoms with Crippen LogP contribution in [0.1, 0.15) is 30.9 Å². The van der Waals surface area contributed by atoms with Gasteiger partial charge in [-0.25, -0.2) is 4.99 Å². The number of rotatable bonds is 8. The van der Waals surface area contributed by atoms with Crippen LogP contribution in [0.2, 0.25) is 0 Å². The van der Waals surface area contributed by atoms with Crippen LogP contribution in [0.3, 0.4) is 0 Å². The van der Waals surface area contributed by atoms with Crippen LogP contribution in [0.25, 0.3) is 0 Å². The van der Waals surface area contributed by atoms with E-state index in [0.29, 0.717) is 24.1 Å². The summed E-state index contributed by atoms with van der Waals surface area (Å²) in [6.45, 7) is 6.52. The van der Waals surface area contributed by atoms with Gasteiger partial charge in [-0.15, -0.1) is 0 Å². The fourth-order valence-corrected chi connectivity index (χ4v) is 4.26. The van der Waals surface area contributed by atoms with Gasteiger partial charge in [-0.1, -0.05) is 0 Å². The molecule has 1 aliphatic rings. The first-order valence-electron chi connectivity index (χ1n) is 10.3. The number of guanidine groups is 1. The van der Waals surface area contributed by atoms with Gasteiger partial charge >= 0.3 is 0 Å². The van der Waals surface area contributed by atoms with Gasteiger partial charge in [0.1, 0.15) is 0 Å². The summed E-state index contributed by atoms with van der Waals surface area (Å²) in [6.07, 6.45) is 2.19. The van der Waals surface area contributed by atoms with Crippen LogP contribution in [0.5, 0.6) is 17.2 Å². The van der Waals surface area contributed by atoms with Crippen LogP contribution in [0, 0.1) is 0 Å². The number of thiophene rings is 1. The lowest BCUT2D eigenvalue weighted by atomic mass is 10.0.